The van der Waals surface area contributed by atoms with Crippen molar-refractivity contribution in [3.05, 3.63) is 64.2 Å². The molecule has 2 aromatic carbocycles. The molecular weight excluding hydrogens is 373 g/mol. The third-order valence-corrected chi connectivity index (χ3v) is 5.66. The van der Waals surface area contributed by atoms with Gasteiger partial charge in [-0.1, -0.05) is 12.1 Å². The summed E-state index contributed by atoms with van der Waals surface area (Å²) in [6.45, 7) is 4.79. The molecule has 29 heavy (non-hydrogen) atoms. The van der Waals surface area contributed by atoms with Crippen LogP contribution in [0.2, 0.25) is 0 Å². The van der Waals surface area contributed by atoms with Crippen LogP contribution in [-0.4, -0.2) is 36.7 Å². The third kappa shape index (κ3) is 3.43. The highest BCUT2D eigenvalue weighted by atomic mass is 19.1. The van der Waals surface area contributed by atoms with E-state index in [-0.39, 0.29) is 23.5 Å². The molecule has 1 unspecified atom stereocenters. The maximum atomic E-state index is 13.1. The largest absolute Gasteiger partial charge is 0.477 e. The van der Waals surface area contributed by atoms with Gasteiger partial charge in [-0.2, -0.15) is 0 Å². The van der Waals surface area contributed by atoms with Crippen molar-refractivity contribution < 1.29 is 23.4 Å². The summed E-state index contributed by atoms with van der Waals surface area (Å²) in [4.78, 5) is 15.1. The molecule has 1 atom stereocenters. The van der Waals surface area contributed by atoms with E-state index in [0.717, 1.165) is 42.9 Å². The molecule has 0 spiro atoms. The SMILES string of the molecule is Cc1c2c(cc3c1O/C(=C\c1ccc(F)cc1)C3=O)CN(CC1CCCO1)CO2. The molecule has 3 heterocycles. The molecule has 0 aliphatic carbocycles. The summed E-state index contributed by atoms with van der Waals surface area (Å²) in [6, 6.07) is 7.84. The van der Waals surface area contributed by atoms with Crippen molar-refractivity contribution in [1.29, 1.82) is 0 Å². The van der Waals surface area contributed by atoms with Crippen molar-refractivity contribution in [3.8, 4) is 11.5 Å². The fourth-order valence-electron chi connectivity index (χ4n) is 4.20. The zero-order chi connectivity index (χ0) is 20.0. The van der Waals surface area contributed by atoms with Crippen LogP contribution in [0.1, 0.15) is 39.9 Å². The van der Waals surface area contributed by atoms with Crippen LogP contribution in [0.5, 0.6) is 11.5 Å². The smallest absolute Gasteiger partial charge is 0.231 e. The Morgan fingerprint density at radius 2 is 2.07 bits per heavy atom. The maximum Gasteiger partial charge on any atom is 0.231 e. The van der Waals surface area contributed by atoms with Gasteiger partial charge in [0.05, 0.1) is 11.7 Å². The van der Waals surface area contributed by atoms with Gasteiger partial charge in [0.1, 0.15) is 24.0 Å². The lowest BCUT2D eigenvalue weighted by molar-refractivity contribution is 0.0276. The number of hydrogen-bond acceptors (Lipinski definition) is 5. The normalized spacial score (nSPS) is 22.3. The minimum absolute atomic E-state index is 0.161. The first-order valence-electron chi connectivity index (χ1n) is 9.91. The summed E-state index contributed by atoms with van der Waals surface area (Å²) in [6.07, 6.45) is 4.09. The molecule has 6 heteroatoms. The van der Waals surface area contributed by atoms with Crippen LogP contribution in [0, 0.1) is 12.7 Å². The van der Waals surface area contributed by atoms with Crippen molar-refractivity contribution in [2.75, 3.05) is 19.9 Å². The standard InChI is InChI=1S/C23H22FNO4/c1-14-22-16(11-25(13-28-22)12-18-3-2-8-27-18)10-19-21(26)20(29-23(14)19)9-15-4-6-17(24)7-5-15/h4-7,9-10,18H,2-3,8,11-13H2,1H3/b20-9-. The van der Waals surface area contributed by atoms with Gasteiger partial charge in [-0.05, 0) is 49.6 Å². The Bertz CT molecular complexity index is 993. The first-order valence-corrected chi connectivity index (χ1v) is 9.91. The molecule has 2 aromatic rings. The first-order chi connectivity index (χ1) is 14.1. The van der Waals surface area contributed by atoms with E-state index in [1.165, 1.54) is 12.1 Å². The Morgan fingerprint density at radius 3 is 2.83 bits per heavy atom. The molecular formula is C23H22FNO4. The van der Waals surface area contributed by atoms with Crippen molar-refractivity contribution in [2.24, 2.45) is 0 Å². The molecule has 0 bridgehead atoms. The first kappa shape index (κ1) is 18.3. The molecule has 1 saturated heterocycles. The second-order valence-corrected chi connectivity index (χ2v) is 7.78. The van der Waals surface area contributed by atoms with Gasteiger partial charge in [0.15, 0.2) is 5.76 Å². The van der Waals surface area contributed by atoms with Crippen LogP contribution in [0.3, 0.4) is 0 Å². The lowest BCUT2D eigenvalue weighted by Gasteiger charge is -2.31. The maximum absolute atomic E-state index is 13.1. The Morgan fingerprint density at radius 1 is 1.24 bits per heavy atom. The number of Topliss-reactive ketones (excluding diaryl/α,β-unsaturated/α-hetero) is 1. The van der Waals surface area contributed by atoms with E-state index < -0.39 is 0 Å². The summed E-state index contributed by atoms with van der Waals surface area (Å²) in [5, 5.41) is 0. The number of ketones is 1. The Hall–Kier alpha value is -2.70. The average Bonchev–Trinajstić information content (AvgIpc) is 3.33. The number of rotatable bonds is 3. The van der Waals surface area contributed by atoms with Gasteiger partial charge in [0, 0.05) is 30.8 Å². The second-order valence-electron chi connectivity index (χ2n) is 7.78. The third-order valence-electron chi connectivity index (χ3n) is 5.66. The molecule has 3 aliphatic rings. The molecule has 5 rings (SSSR count). The van der Waals surface area contributed by atoms with Crippen LogP contribution in [0.25, 0.3) is 6.08 Å². The molecule has 5 nitrogen and oxygen atoms in total. The van der Waals surface area contributed by atoms with Crippen LogP contribution in [0.15, 0.2) is 36.1 Å². The minimum atomic E-state index is -0.317. The molecule has 3 aliphatic heterocycles. The number of carbonyl (C=O) groups excluding carboxylic acids is 1. The summed E-state index contributed by atoms with van der Waals surface area (Å²) < 4.78 is 30.8. The topological polar surface area (TPSA) is 48.0 Å². The predicted molar refractivity (Wildman–Crippen MR) is 105 cm³/mol. The number of ether oxygens (including phenoxy) is 3. The van der Waals surface area contributed by atoms with E-state index in [1.807, 2.05) is 13.0 Å². The number of hydrogen-bond donors (Lipinski definition) is 0. The highest BCUT2D eigenvalue weighted by molar-refractivity contribution is 6.15. The fourth-order valence-corrected chi connectivity index (χ4v) is 4.20. The molecule has 0 saturated carbocycles. The van der Waals surface area contributed by atoms with Crippen LogP contribution in [0.4, 0.5) is 4.39 Å². The van der Waals surface area contributed by atoms with Crippen LogP contribution in [-0.2, 0) is 11.3 Å². The number of nitrogens with zero attached hydrogens (tertiary/aromatic N) is 1. The van der Waals surface area contributed by atoms with Gasteiger partial charge >= 0.3 is 0 Å². The number of halogens is 1. The van der Waals surface area contributed by atoms with Crippen molar-refractivity contribution in [2.45, 2.75) is 32.4 Å². The van der Waals surface area contributed by atoms with E-state index in [1.54, 1.807) is 18.2 Å². The van der Waals surface area contributed by atoms with E-state index in [0.29, 0.717) is 30.2 Å². The summed E-state index contributed by atoms with van der Waals surface area (Å²) in [7, 11) is 0. The molecule has 0 amide bonds. The van der Waals surface area contributed by atoms with E-state index in [9.17, 15) is 9.18 Å². The number of allylic oxidation sites excluding steroid dienone is 1. The number of carbonyl (C=O) groups is 1. The molecule has 150 valence electrons. The highest BCUT2D eigenvalue weighted by Gasteiger charge is 2.34. The second kappa shape index (κ2) is 7.28. The lowest BCUT2D eigenvalue weighted by atomic mass is 10.00. The molecule has 0 N–H and O–H groups in total. The quantitative estimate of drug-likeness (QED) is 0.733. The van der Waals surface area contributed by atoms with E-state index in [2.05, 4.69) is 4.90 Å². The van der Waals surface area contributed by atoms with Crippen molar-refractivity contribution in [1.82, 2.24) is 4.90 Å². The Labute approximate surface area is 168 Å². The zero-order valence-electron chi connectivity index (χ0n) is 16.2. The Kier molecular flexibility index (Phi) is 4.60. The van der Waals surface area contributed by atoms with E-state index >= 15 is 0 Å². The molecule has 0 radical (unpaired) electrons. The van der Waals surface area contributed by atoms with Gasteiger partial charge in [0.25, 0.3) is 0 Å². The predicted octanol–water partition coefficient (Wildman–Crippen LogP) is 4.08. The minimum Gasteiger partial charge on any atom is -0.477 e. The van der Waals surface area contributed by atoms with Crippen LogP contribution < -0.4 is 9.47 Å². The van der Waals surface area contributed by atoms with Crippen molar-refractivity contribution >= 4 is 11.9 Å². The molecule has 0 aromatic heterocycles. The van der Waals surface area contributed by atoms with Crippen molar-refractivity contribution in [3.63, 3.8) is 0 Å². The van der Waals surface area contributed by atoms with E-state index in [4.69, 9.17) is 14.2 Å². The Balaban J connectivity index is 1.41. The van der Waals surface area contributed by atoms with Gasteiger partial charge in [-0.15, -0.1) is 0 Å². The van der Waals surface area contributed by atoms with Gasteiger partial charge in [-0.3, -0.25) is 9.69 Å². The van der Waals surface area contributed by atoms with Gasteiger partial charge in [-0.25, -0.2) is 4.39 Å². The molecule has 1 fully saturated rings. The fraction of sp³-hybridized carbons (Fsp3) is 0.348. The highest BCUT2D eigenvalue weighted by Crippen LogP contribution is 2.43. The average molecular weight is 395 g/mol. The zero-order valence-corrected chi connectivity index (χ0v) is 16.2. The van der Waals surface area contributed by atoms with Gasteiger partial charge < -0.3 is 14.2 Å². The van der Waals surface area contributed by atoms with Gasteiger partial charge in [0.2, 0.25) is 5.78 Å². The summed E-state index contributed by atoms with van der Waals surface area (Å²) in [5.74, 6) is 1.11. The summed E-state index contributed by atoms with van der Waals surface area (Å²) >= 11 is 0. The summed E-state index contributed by atoms with van der Waals surface area (Å²) in [5.41, 5.74) is 3.09. The number of benzene rings is 2. The number of fused-ring (bicyclic) bond motifs is 2. The monoisotopic (exact) mass is 395 g/mol. The lowest BCUT2D eigenvalue weighted by Crippen LogP contribution is -2.37. The van der Waals surface area contributed by atoms with Crippen LogP contribution >= 0.6 is 0 Å².